The fraction of sp³-hybridized carbons (Fsp3) is 0.614. The van der Waals surface area contributed by atoms with Gasteiger partial charge in [0.25, 0.3) is 0 Å². The van der Waals surface area contributed by atoms with E-state index in [1.807, 2.05) is 0 Å². The van der Waals surface area contributed by atoms with Gasteiger partial charge in [0.15, 0.2) is 6.10 Å². The van der Waals surface area contributed by atoms with Gasteiger partial charge in [0, 0.05) is 12.8 Å². The molecule has 62 heavy (non-hydrogen) atoms. The van der Waals surface area contributed by atoms with Gasteiger partial charge in [0.2, 0.25) is 0 Å². The molecule has 0 radical (unpaired) electrons. The van der Waals surface area contributed by atoms with Gasteiger partial charge in [0.05, 0.1) is 13.2 Å². The predicted octanol–water partition coefficient (Wildman–Crippen LogP) is 17.0. The molecular weight excluding hydrogens is 765 g/mol. The van der Waals surface area contributed by atoms with Crippen LogP contribution in [0.3, 0.4) is 0 Å². The lowest BCUT2D eigenvalue weighted by Crippen LogP contribution is -2.30. The monoisotopic (exact) mass is 857 g/mol. The van der Waals surface area contributed by atoms with Crippen molar-refractivity contribution in [3.8, 4) is 0 Å². The lowest BCUT2D eigenvalue weighted by atomic mass is 10.1. The largest absolute Gasteiger partial charge is 0.462 e. The maximum absolute atomic E-state index is 12.8. The van der Waals surface area contributed by atoms with Crippen LogP contribution in [-0.4, -0.2) is 37.9 Å². The average Bonchev–Trinajstić information content (AvgIpc) is 3.27. The second-order valence-electron chi connectivity index (χ2n) is 15.9. The fourth-order valence-electron chi connectivity index (χ4n) is 6.32. The van der Waals surface area contributed by atoms with Crippen LogP contribution >= 0.6 is 0 Å². The molecule has 0 aromatic carbocycles. The lowest BCUT2D eigenvalue weighted by molar-refractivity contribution is -0.162. The Morgan fingerprint density at radius 3 is 1.16 bits per heavy atom. The third kappa shape index (κ3) is 49.0. The van der Waals surface area contributed by atoms with Crippen molar-refractivity contribution in [3.05, 3.63) is 122 Å². The molecule has 0 aliphatic heterocycles. The number of ether oxygens (including phenoxy) is 3. The highest BCUT2D eigenvalue weighted by Gasteiger charge is 2.17. The highest BCUT2D eigenvalue weighted by Crippen LogP contribution is 2.12. The van der Waals surface area contributed by atoms with Crippen LogP contribution in [0.5, 0.6) is 0 Å². The third-order valence-corrected chi connectivity index (χ3v) is 9.98. The summed E-state index contributed by atoms with van der Waals surface area (Å²) in [7, 11) is 0. The Kier molecular flexibility index (Phi) is 48.6. The van der Waals surface area contributed by atoms with Gasteiger partial charge in [-0.05, 0) is 116 Å². The second kappa shape index (κ2) is 51.6. The van der Waals surface area contributed by atoms with Crippen LogP contribution in [0.4, 0.5) is 0 Å². The average molecular weight is 857 g/mol. The van der Waals surface area contributed by atoms with Gasteiger partial charge in [-0.25, -0.2) is 0 Å². The molecule has 0 aliphatic carbocycles. The molecule has 0 aromatic heterocycles. The van der Waals surface area contributed by atoms with E-state index in [0.717, 1.165) is 116 Å². The zero-order chi connectivity index (χ0) is 44.9. The molecule has 0 aromatic rings. The molecule has 0 N–H and O–H groups in total. The second-order valence-corrected chi connectivity index (χ2v) is 15.9. The van der Waals surface area contributed by atoms with E-state index in [9.17, 15) is 9.59 Å². The first-order chi connectivity index (χ1) is 30.6. The van der Waals surface area contributed by atoms with Crippen LogP contribution in [0.1, 0.15) is 201 Å². The number of carbonyl (C=O) groups excluding carboxylic acids is 2. The first-order valence-corrected chi connectivity index (χ1v) is 25.1. The summed E-state index contributed by atoms with van der Waals surface area (Å²) in [5, 5.41) is 0. The molecule has 0 fully saturated rings. The minimum atomic E-state index is -0.598. The molecule has 0 heterocycles. The van der Waals surface area contributed by atoms with Crippen molar-refractivity contribution < 1.29 is 23.8 Å². The van der Waals surface area contributed by atoms with Gasteiger partial charge in [-0.1, -0.05) is 194 Å². The molecule has 1 unspecified atom stereocenters. The van der Waals surface area contributed by atoms with Crippen LogP contribution < -0.4 is 0 Å². The number of hydrogen-bond acceptors (Lipinski definition) is 5. The van der Waals surface area contributed by atoms with Crippen molar-refractivity contribution >= 4 is 11.9 Å². The number of rotatable bonds is 44. The maximum atomic E-state index is 12.8. The third-order valence-electron chi connectivity index (χ3n) is 9.98. The molecule has 0 aliphatic rings. The minimum Gasteiger partial charge on any atom is -0.462 e. The Morgan fingerprint density at radius 2 is 0.726 bits per heavy atom. The smallest absolute Gasteiger partial charge is 0.306 e. The van der Waals surface area contributed by atoms with Gasteiger partial charge in [-0.3, -0.25) is 9.59 Å². The summed E-state index contributed by atoms with van der Waals surface area (Å²) in [5.41, 5.74) is 0. The summed E-state index contributed by atoms with van der Waals surface area (Å²) in [4.78, 5) is 25.4. The molecular formula is C57H92O5. The Hall–Kier alpha value is -3.70. The van der Waals surface area contributed by atoms with E-state index >= 15 is 0 Å². The summed E-state index contributed by atoms with van der Waals surface area (Å²) < 4.78 is 17.3. The van der Waals surface area contributed by atoms with Gasteiger partial charge in [-0.2, -0.15) is 0 Å². The Labute approximate surface area is 382 Å². The van der Waals surface area contributed by atoms with Crippen molar-refractivity contribution in [1.82, 2.24) is 0 Å². The number of hydrogen-bond donors (Lipinski definition) is 0. The number of unbranched alkanes of at least 4 members (excludes halogenated alkanes) is 13. The normalized spacial score (nSPS) is 13.3. The summed E-state index contributed by atoms with van der Waals surface area (Å²) >= 11 is 0. The van der Waals surface area contributed by atoms with Gasteiger partial charge in [0.1, 0.15) is 6.61 Å². The zero-order valence-corrected chi connectivity index (χ0v) is 40.1. The molecule has 0 spiro atoms. The lowest BCUT2D eigenvalue weighted by Gasteiger charge is -2.18. The van der Waals surface area contributed by atoms with Crippen molar-refractivity contribution in [2.75, 3.05) is 19.8 Å². The summed E-state index contributed by atoms with van der Waals surface area (Å²) in [6.45, 7) is 7.31. The standard InChI is InChI=1S/C57H92O5/c1-4-7-10-13-16-19-22-25-28-31-34-37-40-43-46-49-52-60-53-55(62-57(59)51-48-45-42-39-36-33-30-27-24-21-18-15-12-9-6-3)54-61-56(58)50-47-44-41-38-35-32-29-26-23-20-17-14-11-8-5-2/h7-8,10-11,16-21,25-30,34,37,43,46,55H,4-6,9,12-15,22-24,31-33,35-36,38-42,44-45,47-54H2,1-3H3/b10-7-,11-8-,19-16-,20-17-,21-18-,28-25-,29-26-,30-27-,37-34-,46-43-. The van der Waals surface area contributed by atoms with Crippen LogP contribution in [0.25, 0.3) is 0 Å². The van der Waals surface area contributed by atoms with E-state index in [1.54, 1.807) is 0 Å². The van der Waals surface area contributed by atoms with Gasteiger partial charge < -0.3 is 14.2 Å². The van der Waals surface area contributed by atoms with Crippen molar-refractivity contribution in [1.29, 1.82) is 0 Å². The Morgan fingerprint density at radius 1 is 0.371 bits per heavy atom. The van der Waals surface area contributed by atoms with Crippen molar-refractivity contribution in [2.24, 2.45) is 0 Å². The highest BCUT2D eigenvalue weighted by molar-refractivity contribution is 5.70. The minimum absolute atomic E-state index is 0.0331. The molecule has 0 bridgehead atoms. The quantitative estimate of drug-likeness (QED) is 0.0347. The SMILES string of the molecule is CC/C=C\C/C=C\C/C=C\C/C=C\C/C=C\CCOCC(COC(=O)CCCCCCC/C=C\C/C=C\C/C=C\CC)OC(=O)CCCCCCC/C=C\C/C=C\CCCCC. The summed E-state index contributed by atoms with van der Waals surface area (Å²) in [5.74, 6) is -0.482. The molecule has 1 atom stereocenters. The fourth-order valence-corrected chi connectivity index (χ4v) is 6.32. The predicted molar refractivity (Wildman–Crippen MR) is 269 cm³/mol. The molecule has 5 heteroatoms. The summed E-state index contributed by atoms with van der Waals surface area (Å²) in [6.07, 6.45) is 72.2. The van der Waals surface area contributed by atoms with Gasteiger partial charge >= 0.3 is 11.9 Å². The highest BCUT2D eigenvalue weighted by atomic mass is 16.6. The van der Waals surface area contributed by atoms with Crippen molar-refractivity contribution in [3.63, 3.8) is 0 Å². The van der Waals surface area contributed by atoms with E-state index in [-0.39, 0.29) is 25.2 Å². The summed E-state index contributed by atoms with van der Waals surface area (Å²) in [6, 6.07) is 0. The number of carbonyl (C=O) groups is 2. The Balaban J connectivity index is 4.47. The zero-order valence-electron chi connectivity index (χ0n) is 40.1. The maximum Gasteiger partial charge on any atom is 0.306 e. The number of allylic oxidation sites excluding steroid dienone is 19. The van der Waals surface area contributed by atoms with Gasteiger partial charge in [-0.15, -0.1) is 0 Å². The molecule has 5 nitrogen and oxygen atoms in total. The first-order valence-electron chi connectivity index (χ1n) is 25.1. The van der Waals surface area contributed by atoms with Crippen LogP contribution in [0, 0.1) is 0 Å². The molecule has 350 valence electrons. The van der Waals surface area contributed by atoms with Crippen molar-refractivity contribution in [2.45, 2.75) is 207 Å². The van der Waals surface area contributed by atoms with E-state index in [4.69, 9.17) is 14.2 Å². The first kappa shape index (κ1) is 58.3. The van der Waals surface area contributed by atoms with Crippen LogP contribution in [0.15, 0.2) is 122 Å². The van der Waals surface area contributed by atoms with E-state index in [2.05, 4.69) is 142 Å². The molecule has 0 saturated heterocycles. The topological polar surface area (TPSA) is 61.8 Å². The Bertz CT molecular complexity index is 1290. The van der Waals surface area contributed by atoms with E-state index in [0.29, 0.717) is 19.4 Å². The van der Waals surface area contributed by atoms with Crippen LogP contribution in [-0.2, 0) is 23.8 Å². The number of esters is 2. The van der Waals surface area contributed by atoms with E-state index in [1.165, 1.54) is 51.4 Å². The molecule has 0 saturated carbocycles. The molecule has 0 amide bonds. The molecule has 0 rings (SSSR count). The van der Waals surface area contributed by atoms with Crippen LogP contribution in [0.2, 0.25) is 0 Å². The van der Waals surface area contributed by atoms with E-state index < -0.39 is 6.10 Å².